The fraction of sp³-hybridized carbons (Fsp3) is 0.550. The summed E-state index contributed by atoms with van der Waals surface area (Å²) >= 11 is 0. The molecule has 2 heterocycles. The number of rotatable bonds is 5. The Kier molecular flexibility index (Phi) is 4.87. The lowest BCUT2D eigenvalue weighted by Crippen LogP contribution is -2.58. The highest BCUT2D eigenvalue weighted by Gasteiger charge is 2.56. The summed E-state index contributed by atoms with van der Waals surface area (Å²) < 4.78 is 27.1. The van der Waals surface area contributed by atoms with E-state index < -0.39 is 10.0 Å². The number of hydrogen-bond donors (Lipinski definition) is 0. The molecule has 1 spiro atoms. The molecule has 2 aromatic rings. The molecule has 7 nitrogen and oxygen atoms in total. The predicted molar refractivity (Wildman–Crippen MR) is 108 cm³/mol. The molecule has 2 fully saturated rings. The zero-order valence-corrected chi connectivity index (χ0v) is 17.1. The maximum atomic E-state index is 11.8. The zero-order chi connectivity index (χ0) is 19.9. The van der Waals surface area contributed by atoms with Crippen LogP contribution in [0.3, 0.4) is 0 Å². The Bertz CT molecular complexity index is 977. The van der Waals surface area contributed by atoms with Gasteiger partial charge in [-0.25, -0.2) is 17.7 Å². The minimum atomic E-state index is -3.17. The fourth-order valence-electron chi connectivity index (χ4n) is 5.02. The number of aromatic nitrogens is 2. The Hall–Kier alpha value is -2.06. The molecule has 1 aliphatic heterocycles. The van der Waals surface area contributed by atoms with Crippen molar-refractivity contribution in [1.29, 1.82) is 0 Å². The van der Waals surface area contributed by atoms with E-state index in [-0.39, 0.29) is 17.4 Å². The third kappa shape index (κ3) is 3.28. The van der Waals surface area contributed by atoms with Crippen molar-refractivity contribution >= 4 is 10.0 Å². The summed E-state index contributed by atoms with van der Waals surface area (Å²) in [5.74, 6) is 0.166. The van der Waals surface area contributed by atoms with Crippen LogP contribution in [0.25, 0.3) is 11.3 Å². The first-order chi connectivity index (χ1) is 13.3. The van der Waals surface area contributed by atoms with Gasteiger partial charge >= 0.3 is 0 Å². The number of nitrogens with zero attached hydrogens (tertiary/aromatic N) is 4. The van der Waals surface area contributed by atoms with Gasteiger partial charge < -0.3 is 4.57 Å². The van der Waals surface area contributed by atoms with E-state index in [1.54, 1.807) is 0 Å². The van der Waals surface area contributed by atoms with Gasteiger partial charge in [-0.2, -0.15) is 4.91 Å². The molecule has 0 amide bonds. The summed E-state index contributed by atoms with van der Waals surface area (Å²) in [6.45, 7) is 3.75. The van der Waals surface area contributed by atoms with Crippen molar-refractivity contribution in [3.63, 3.8) is 0 Å². The normalized spacial score (nSPS) is 24.8. The van der Waals surface area contributed by atoms with Gasteiger partial charge in [0.2, 0.25) is 10.0 Å². The first-order valence-corrected chi connectivity index (χ1v) is 11.5. The Morgan fingerprint density at radius 1 is 1.25 bits per heavy atom. The molecule has 28 heavy (non-hydrogen) atoms. The summed E-state index contributed by atoms with van der Waals surface area (Å²) in [5.41, 5.74) is 3.24. The number of aryl methyl sites for hydroxylation is 1. The van der Waals surface area contributed by atoms with Gasteiger partial charge in [0.1, 0.15) is 6.04 Å². The first-order valence-electron chi connectivity index (χ1n) is 9.68. The zero-order valence-electron chi connectivity index (χ0n) is 16.3. The van der Waals surface area contributed by atoms with Crippen molar-refractivity contribution in [3.05, 3.63) is 47.3 Å². The van der Waals surface area contributed by atoms with Crippen LogP contribution in [0.2, 0.25) is 0 Å². The fourth-order valence-corrected chi connectivity index (χ4v) is 5.87. The summed E-state index contributed by atoms with van der Waals surface area (Å²) in [7, 11) is -3.17. The van der Waals surface area contributed by atoms with E-state index >= 15 is 0 Å². The molecule has 0 N–H and O–H groups in total. The largest absolute Gasteiger partial charge is 0.330 e. The van der Waals surface area contributed by atoms with E-state index in [2.05, 4.69) is 33.8 Å². The molecule has 0 bridgehead atoms. The van der Waals surface area contributed by atoms with Crippen LogP contribution in [-0.2, 0) is 16.6 Å². The number of nitroso groups, excluding NO2 is 1. The highest BCUT2D eigenvalue weighted by atomic mass is 32.2. The smallest absolute Gasteiger partial charge is 0.211 e. The van der Waals surface area contributed by atoms with Crippen molar-refractivity contribution < 1.29 is 8.42 Å². The van der Waals surface area contributed by atoms with Gasteiger partial charge in [0.25, 0.3) is 0 Å². The van der Waals surface area contributed by atoms with E-state index in [1.807, 2.05) is 24.7 Å². The average Bonchev–Trinajstić information content (AvgIpc) is 3.09. The van der Waals surface area contributed by atoms with Gasteiger partial charge in [-0.1, -0.05) is 29.4 Å². The monoisotopic (exact) mass is 402 g/mol. The van der Waals surface area contributed by atoms with Crippen molar-refractivity contribution in [3.8, 4) is 11.3 Å². The van der Waals surface area contributed by atoms with Gasteiger partial charge in [-0.15, -0.1) is 0 Å². The second-order valence-electron chi connectivity index (χ2n) is 8.29. The Morgan fingerprint density at radius 3 is 2.61 bits per heavy atom. The Labute approximate surface area is 165 Å². The summed E-state index contributed by atoms with van der Waals surface area (Å²) in [6.07, 6.45) is 7.26. The third-order valence-corrected chi connectivity index (χ3v) is 7.91. The molecule has 1 saturated carbocycles. The molecule has 8 heteroatoms. The third-order valence-electron chi connectivity index (χ3n) is 6.61. The van der Waals surface area contributed by atoms with Crippen LogP contribution in [0, 0.1) is 23.2 Å². The quantitative estimate of drug-likeness (QED) is 0.720. The number of sulfonamides is 1. The van der Waals surface area contributed by atoms with Crippen LogP contribution in [-0.4, -0.2) is 47.7 Å². The maximum absolute atomic E-state index is 11.8. The van der Waals surface area contributed by atoms with E-state index in [1.165, 1.54) is 16.1 Å². The SMILES string of the molecule is Cc1ccccc1-c1cncn1C[C@H]1CC2(CCN(S(C)(=O)=O)CC2)[C@H]1N=O. The van der Waals surface area contributed by atoms with Crippen molar-refractivity contribution in [2.75, 3.05) is 19.3 Å². The van der Waals surface area contributed by atoms with E-state index in [0.29, 0.717) is 32.5 Å². The molecule has 0 radical (unpaired) electrons. The standard InChI is InChI=1S/C20H26N4O3S/c1-15-5-3-4-6-17(15)18-12-21-14-23(18)13-16-11-20(19(16)22-25)7-9-24(10-8-20)28(2,26)27/h3-6,12,14,16,19H,7-11,13H2,1-2H3/t16-,19+/m1/s1. The molecular weight excluding hydrogens is 376 g/mol. The number of hydrogen-bond acceptors (Lipinski definition) is 5. The molecule has 1 aliphatic carbocycles. The highest BCUT2D eigenvalue weighted by Crippen LogP contribution is 2.55. The molecule has 1 aromatic heterocycles. The maximum Gasteiger partial charge on any atom is 0.211 e. The van der Waals surface area contributed by atoms with Crippen molar-refractivity contribution in [2.24, 2.45) is 16.5 Å². The molecule has 1 saturated heterocycles. The summed E-state index contributed by atoms with van der Waals surface area (Å²) in [4.78, 5) is 16.0. The molecule has 0 unspecified atom stereocenters. The average molecular weight is 403 g/mol. The minimum Gasteiger partial charge on any atom is -0.330 e. The number of imidazole rings is 1. The van der Waals surface area contributed by atoms with Crippen LogP contribution in [0.4, 0.5) is 0 Å². The summed E-state index contributed by atoms with van der Waals surface area (Å²) in [6, 6.07) is 7.94. The first kappa shape index (κ1) is 19.3. The molecule has 150 valence electrons. The van der Waals surface area contributed by atoms with E-state index in [9.17, 15) is 13.3 Å². The van der Waals surface area contributed by atoms with Crippen molar-refractivity contribution in [2.45, 2.75) is 38.8 Å². The molecule has 2 atom stereocenters. The topological polar surface area (TPSA) is 84.6 Å². The van der Waals surface area contributed by atoms with E-state index in [4.69, 9.17) is 0 Å². The Balaban J connectivity index is 1.48. The molecular formula is C20H26N4O3S. The second-order valence-corrected chi connectivity index (χ2v) is 10.3. The molecule has 4 rings (SSSR count). The lowest BCUT2D eigenvalue weighted by atomic mass is 9.54. The van der Waals surface area contributed by atoms with Crippen LogP contribution in [0.5, 0.6) is 0 Å². The molecule has 1 aromatic carbocycles. The lowest BCUT2D eigenvalue weighted by molar-refractivity contribution is -0.0308. The second kappa shape index (κ2) is 7.08. The number of benzene rings is 1. The minimum absolute atomic E-state index is 0.142. The highest BCUT2D eigenvalue weighted by molar-refractivity contribution is 7.88. The van der Waals surface area contributed by atoms with Gasteiger partial charge in [-0.3, -0.25) is 0 Å². The predicted octanol–water partition coefficient (Wildman–Crippen LogP) is 3.06. The van der Waals surface area contributed by atoms with E-state index in [0.717, 1.165) is 17.7 Å². The van der Waals surface area contributed by atoms with Gasteiger partial charge in [0, 0.05) is 31.1 Å². The lowest BCUT2D eigenvalue weighted by Gasteiger charge is -2.55. The molecule has 2 aliphatic rings. The van der Waals surface area contributed by atoms with Crippen LogP contribution < -0.4 is 0 Å². The van der Waals surface area contributed by atoms with Crippen molar-refractivity contribution in [1.82, 2.24) is 13.9 Å². The summed E-state index contributed by atoms with van der Waals surface area (Å²) in [5, 5.41) is 3.49. The number of piperidine rings is 1. The van der Waals surface area contributed by atoms with Crippen LogP contribution in [0.1, 0.15) is 24.8 Å². The van der Waals surface area contributed by atoms with Crippen LogP contribution >= 0.6 is 0 Å². The van der Waals surface area contributed by atoms with Gasteiger partial charge in [0.05, 0.1) is 24.5 Å². The Morgan fingerprint density at radius 2 is 1.96 bits per heavy atom. The van der Waals surface area contributed by atoms with Gasteiger partial charge in [-0.05, 0) is 37.2 Å². The van der Waals surface area contributed by atoms with Gasteiger partial charge in [0.15, 0.2) is 0 Å². The van der Waals surface area contributed by atoms with Crippen LogP contribution in [0.15, 0.2) is 42.0 Å².